The number of ether oxygens (including phenoxy) is 1. The number of methoxy groups -OCH3 is 1. The molecule has 0 aliphatic rings. The number of hydrogen-bond donors (Lipinski definition) is 0. The van der Waals surface area contributed by atoms with Gasteiger partial charge in [-0.2, -0.15) is 0 Å². The van der Waals surface area contributed by atoms with Crippen LogP contribution in [0.25, 0.3) is 0 Å². The Bertz CT molecular complexity index is 337. The van der Waals surface area contributed by atoms with E-state index in [2.05, 4.69) is 53.9 Å². The van der Waals surface area contributed by atoms with E-state index in [-0.39, 0.29) is 0 Å². The second-order valence-corrected chi connectivity index (χ2v) is 5.85. The SMILES string of the molecule is COc1ccc(CN(C)CC(CBr)C(C)C)cc1. The minimum absolute atomic E-state index is 0.702. The average molecular weight is 314 g/mol. The first-order valence-corrected chi connectivity index (χ1v) is 7.56. The lowest BCUT2D eigenvalue weighted by Gasteiger charge is -2.25. The van der Waals surface area contributed by atoms with Gasteiger partial charge in [-0.3, -0.25) is 0 Å². The molecular formula is C15H24BrNO. The van der Waals surface area contributed by atoms with Gasteiger partial charge >= 0.3 is 0 Å². The fraction of sp³-hybridized carbons (Fsp3) is 0.600. The highest BCUT2D eigenvalue weighted by atomic mass is 79.9. The summed E-state index contributed by atoms with van der Waals surface area (Å²) in [5.41, 5.74) is 1.33. The topological polar surface area (TPSA) is 12.5 Å². The van der Waals surface area contributed by atoms with Gasteiger partial charge in [0.1, 0.15) is 5.75 Å². The number of alkyl halides is 1. The van der Waals surface area contributed by atoms with Crippen molar-refractivity contribution in [3.05, 3.63) is 29.8 Å². The summed E-state index contributed by atoms with van der Waals surface area (Å²) >= 11 is 3.61. The molecule has 0 aromatic heterocycles. The summed E-state index contributed by atoms with van der Waals surface area (Å²) in [5, 5.41) is 1.07. The van der Waals surface area contributed by atoms with Crippen LogP contribution in [0.2, 0.25) is 0 Å². The normalized spacial score (nSPS) is 13.1. The molecule has 0 aliphatic heterocycles. The second-order valence-electron chi connectivity index (χ2n) is 5.20. The van der Waals surface area contributed by atoms with Crippen LogP contribution in [0.5, 0.6) is 5.75 Å². The number of rotatable bonds is 7. The van der Waals surface area contributed by atoms with Crippen molar-refractivity contribution < 1.29 is 4.74 Å². The highest BCUT2D eigenvalue weighted by Gasteiger charge is 2.14. The van der Waals surface area contributed by atoms with Crippen molar-refractivity contribution in [2.75, 3.05) is 26.0 Å². The Hall–Kier alpha value is -0.540. The molecule has 3 heteroatoms. The first-order chi connectivity index (χ1) is 8.56. The number of benzene rings is 1. The molecule has 0 saturated carbocycles. The molecular weight excluding hydrogens is 290 g/mol. The first kappa shape index (κ1) is 15.5. The van der Waals surface area contributed by atoms with Gasteiger partial charge in [0, 0.05) is 18.4 Å². The van der Waals surface area contributed by atoms with E-state index < -0.39 is 0 Å². The van der Waals surface area contributed by atoms with Crippen LogP contribution in [-0.4, -0.2) is 30.9 Å². The van der Waals surface area contributed by atoms with Crippen LogP contribution in [0.1, 0.15) is 19.4 Å². The molecule has 18 heavy (non-hydrogen) atoms. The fourth-order valence-electron chi connectivity index (χ4n) is 1.95. The van der Waals surface area contributed by atoms with Crippen LogP contribution >= 0.6 is 15.9 Å². The Labute approximate surface area is 119 Å². The molecule has 1 aromatic carbocycles. The average Bonchev–Trinajstić information content (AvgIpc) is 2.36. The Morgan fingerprint density at radius 1 is 1.22 bits per heavy atom. The lowest BCUT2D eigenvalue weighted by Crippen LogP contribution is -2.29. The molecule has 0 spiro atoms. The Morgan fingerprint density at radius 3 is 2.28 bits per heavy atom. The zero-order valence-electron chi connectivity index (χ0n) is 11.8. The molecule has 0 aliphatic carbocycles. The number of hydrogen-bond acceptors (Lipinski definition) is 2. The van der Waals surface area contributed by atoms with E-state index in [4.69, 9.17) is 4.74 Å². The zero-order chi connectivity index (χ0) is 13.5. The Balaban J connectivity index is 2.50. The van der Waals surface area contributed by atoms with E-state index in [1.54, 1.807) is 7.11 Å². The van der Waals surface area contributed by atoms with Crippen LogP contribution < -0.4 is 4.74 Å². The molecule has 0 amide bonds. The monoisotopic (exact) mass is 313 g/mol. The Morgan fingerprint density at radius 2 is 1.83 bits per heavy atom. The van der Waals surface area contributed by atoms with Gasteiger partial charge in [-0.1, -0.05) is 41.9 Å². The molecule has 0 saturated heterocycles. The van der Waals surface area contributed by atoms with E-state index >= 15 is 0 Å². The van der Waals surface area contributed by atoms with E-state index in [1.165, 1.54) is 5.56 Å². The van der Waals surface area contributed by atoms with Crippen molar-refractivity contribution in [1.82, 2.24) is 4.90 Å². The van der Waals surface area contributed by atoms with Gasteiger partial charge in [-0.15, -0.1) is 0 Å². The third-order valence-electron chi connectivity index (χ3n) is 3.30. The van der Waals surface area contributed by atoms with Crippen molar-refractivity contribution in [2.45, 2.75) is 20.4 Å². The first-order valence-electron chi connectivity index (χ1n) is 6.44. The standard InChI is InChI=1S/C15H24BrNO/c1-12(2)14(9-16)11-17(3)10-13-5-7-15(18-4)8-6-13/h5-8,12,14H,9-11H2,1-4H3. The fourth-order valence-corrected chi connectivity index (χ4v) is 2.90. The predicted octanol–water partition coefficient (Wildman–Crippen LogP) is 3.79. The predicted molar refractivity (Wildman–Crippen MR) is 81.5 cm³/mol. The third kappa shape index (κ3) is 4.99. The summed E-state index contributed by atoms with van der Waals surface area (Å²) in [6, 6.07) is 8.31. The summed E-state index contributed by atoms with van der Waals surface area (Å²) in [4.78, 5) is 2.38. The van der Waals surface area contributed by atoms with E-state index in [0.29, 0.717) is 11.8 Å². The quantitative estimate of drug-likeness (QED) is 0.710. The van der Waals surface area contributed by atoms with Crippen LogP contribution in [0.15, 0.2) is 24.3 Å². The van der Waals surface area contributed by atoms with Gasteiger partial charge in [0.05, 0.1) is 7.11 Å². The van der Waals surface area contributed by atoms with Crippen LogP contribution in [0.4, 0.5) is 0 Å². The maximum Gasteiger partial charge on any atom is 0.118 e. The van der Waals surface area contributed by atoms with Crippen molar-refractivity contribution in [3.63, 3.8) is 0 Å². The summed E-state index contributed by atoms with van der Waals surface area (Å²) < 4.78 is 5.17. The maximum atomic E-state index is 5.17. The van der Waals surface area contributed by atoms with E-state index in [0.717, 1.165) is 24.2 Å². The minimum Gasteiger partial charge on any atom is -0.497 e. The zero-order valence-corrected chi connectivity index (χ0v) is 13.4. The minimum atomic E-state index is 0.702. The number of halogens is 1. The van der Waals surface area contributed by atoms with Crippen LogP contribution in [0, 0.1) is 11.8 Å². The molecule has 0 fully saturated rings. The second kappa shape index (κ2) is 7.80. The van der Waals surface area contributed by atoms with Crippen molar-refractivity contribution in [3.8, 4) is 5.75 Å². The highest BCUT2D eigenvalue weighted by Crippen LogP contribution is 2.17. The van der Waals surface area contributed by atoms with E-state index in [1.807, 2.05) is 12.1 Å². The highest BCUT2D eigenvalue weighted by molar-refractivity contribution is 9.09. The molecule has 1 rings (SSSR count). The molecule has 1 aromatic rings. The Kier molecular flexibility index (Phi) is 6.72. The summed E-state index contributed by atoms with van der Waals surface area (Å²) in [7, 11) is 3.88. The molecule has 102 valence electrons. The van der Waals surface area contributed by atoms with Crippen molar-refractivity contribution in [1.29, 1.82) is 0 Å². The summed E-state index contributed by atoms with van der Waals surface area (Å²) in [6.07, 6.45) is 0. The third-order valence-corrected chi connectivity index (χ3v) is 4.13. The van der Waals surface area contributed by atoms with E-state index in [9.17, 15) is 0 Å². The lowest BCUT2D eigenvalue weighted by molar-refractivity contribution is 0.247. The molecule has 0 bridgehead atoms. The molecule has 0 heterocycles. The van der Waals surface area contributed by atoms with Gasteiger partial charge in [-0.05, 0) is 36.6 Å². The van der Waals surface area contributed by atoms with Gasteiger partial charge in [-0.25, -0.2) is 0 Å². The van der Waals surface area contributed by atoms with Crippen LogP contribution in [0.3, 0.4) is 0 Å². The van der Waals surface area contributed by atoms with Gasteiger partial charge in [0.25, 0.3) is 0 Å². The molecule has 0 N–H and O–H groups in total. The molecule has 1 atom stereocenters. The lowest BCUT2D eigenvalue weighted by atomic mass is 9.97. The summed E-state index contributed by atoms with van der Waals surface area (Å²) in [5.74, 6) is 2.33. The summed E-state index contributed by atoms with van der Waals surface area (Å²) in [6.45, 7) is 6.68. The van der Waals surface area contributed by atoms with Gasteiger partial charge in [0.15, 0.2) is 0 Å². The van der Waals surface area contributed by atoms with Gasteiger partial charge in [0.2, 0.25) is 0 Å². The van der Waals surface area contributed by atoms with Crippen molar-refractivity contribution >= 4 is 15.9 Å². The smallest absolute Gasteiger partial charge is 0.118 e. The van der Waals surface area contributed by atoms with Gasteiger partial charge < -0.3 is 9.64 Å². The molecule has 2 nitrogen and oxygen atoms in total. The number of nitrogens with zero attached hydrogens (tertiary/aromatic N) is 1. The van der Waals surface area contributed by atoms with Crippen LogP contribution in [-0.2, 0) is 6.54 Å². The molecule has 0 radical (unpaired) electrons. The largest absolute Gasteiger partial charge is 0.497 e. The van der Waals surface area contributed by atoms with Crippen molar-refractivity contribution in [2.24, 2.45) is 11.8 Å². The molecule has 1 unspecified atom stereocenters. The maximum absolute atomic E-state index is 5.17.